The Morgan fingerprint density at radius 3 is 2.66 bits per heavy atom. The van der Waals surface area contributed by atoms with Gasteiger partial charge in [0, 0.05) is 25.7 Å². The molecule has 0 amide bonds. The second-order valence-corrected chi connectivity index (χ2v) is 8.40. The van der Waals surface area contributed by atoms with Crippen molar-refractivity contribution in [3.63, 3.8) is 0 Å². The maximum atomic E-state index is 13.9. The Labute approximate surface area is 190 Å². The molecule has 0 spiro atoms. The molecule has 2 aromatic carbocycles. The molecule has 1 aliphatic rings. The van der Waals surface area contributed by atoms with Crippen LogP contribution in [0.15, 0.2) is 54.7 Å². The molecule has 6 nitrogen and oxygen atoms in total. The first kappa shape index (κ1) is 20.7. The molecule has 3 heterocycles. The summed E-state index contributed by atoms with van der Waals surface area (Å²) in [4.78, 5) is 8.59. The molecule has 0 saturated carbocycles. The standard InChI is InChI=1S/C24H22ClFN4O2/c1-30-22-9-16(8-17-13-31-14-17)4-7-21(22)29-24(30)28-11-15-2-5-19(6-3-15)32-23-20(26)10-18(25)12-27-23/h2-7,9-10,12,17H,8,11,13-14H2,1H3,(H,28,29). The Kier molecular flexibility index (Phi) is 5.68. The minimum absolute atomic E-state index is 0.107. The molecule has 0 aliphatic carbocycles. The number of hydrogen-bond acceptors (Lipinski definition) is 5. The van der Waals surface area contributed by atoms with Crippen molar-refractivity contribution in [3.8, 4) is 11.6 Å². The molecule has 32 heavy (non-hydrogen) atoms. The lowest BCUT2D eigenvalue weighted by Gasteiger charge is -2.25. The van der Waals surface area contributed by atoms with Crippen LogP contribution in [0.2, 0.25) is 5.02 Å². The summed E-state index contributed by atoms with van der Waals surface area (Å²) in [7, 11) is 2.01. The van der Waals surface area contributed by atoms with Crippen molar-refractivity contribution >= 4 is 28.6 Å². The molecule has 0 unspecified atom stereocenters. The molecule has 1 aliphatic heterocycles. The Hall–Kier alpha value is -3.16. The van der Waals surface area contributed by atoms with Crippen molar-refractivity contribution in [2.75, 3.05) is 18.5 Å². The number of halogens is 2. The lowest BCUT2D eigenvalue weighted by molar-refractivity contribution is -0.0312. The van der Waals surface area contributed by atoms with E-state index in [1.807, 2.05) is 19.2 Å². The zero-order valence-electron chi connectivity index (χ0n) is 17.5. The quantitative estimate of drug-likeness (QED) is 0.409. The Balaban J connectivity index is 1.24. The lowest BCUT2D eigenvalue weighted by atomic mass is 9.98. The zero-order chi connectivity index (χ0) is 22.1. The first-order valence-corrected chi connectivity index (χ1v) is 10.8. The van der Waals surface area contributed by atoms with Gasteiger partial charge < -0.3 is 19.4 Å². The van der Waals surface area contributed by atoms with E-state index < -0.39 is 5.82 Å². The molecular weight excluding hydrogens is 431 g/mol. The van der Waals surface area contributed by atoms with Gasteiger partial charge in [-0.05, 0) is 47.9 Å². The van der Waals surface area contributed by atoms with Crippen molar-refractivity contribution in [2.24, 2.45) is 13.0 Å². The molecule has 2 aromatic heterocycles. The van der Waals surface area contributed by atoms with E-state index >= 15 is 0 Å². The van der Waals surface area contributed by atoms with Gasteiger partial charge in [-0.3, -0.25) is 0 Å². The van der Waals surface area contributed by atoms with E-state index in [2.05, 4.69) is 33.1 Å². The van der Waals surface area contributed by atoms with Gasteiger partial charge in [0.15, 0.2) is 5.82 Å². The highest BCUT2D eigenvalue weighted by atomic mass is 35.5. The molecule has 0 bridgehead atoms. The van der Waals surface area contributed by atoms with Gasteiger partial charge in [0.05, 0.1) is 29.3 Å². The van der Waals surface area contributed by atoms with Crippen LogP contribution in [0, 0.1) is 11.7 Å². The summed E-state index contributed by atoms with van der Waals surface area (Å²) in [6.07, 6.45) is 2.38. The molecule has 0 atom stereocenters. The third-order valence-corrected chi connectivity index (χ3v) is 5.75. The fourth-order valence-electron chi connectivity index (χ4n) is 3.70. The highest BCUT2D eigenvalue weighted by Crippen LogP contribution is 2.26. The van der Waals surface area contributed by atoms with E-state index in [-0.39, 0.29) is 10.9 Å². The minimum Gasteiger partial charge on any atom is -0.436 e. The third-order valence-electron chi connectivity index (χ3n) is 5.54. The monoisotopic (exact) mass is 452 g/mol. The molecule has 164 valence electrons. The molecule has 8 heteroatoms. The lowest BCUT2D eigenvalue weighted by Crippen LogP contribution is -2.29. The van der Waals surface area contributed by atoms with E-state index in [0.29, 0.717) is 18.2 Å². The summed E-state index contributed by atoms with van der Waals surface area (Å²) < 4.78 is 26.7. The van der Waals surface area contributed by atoms with Crippen molar-refractivity contribution in [1.82, 2.24) is 14.5 Å². The topological polar surface area (TPSA) is 61.2 Å². The SMILES string of the molecule is Cn1c(NCc2ccc(Oc3ncc(Cl)cc3F)cc2)nc2ccc(CC3COC3)cc21. The summed E-state index contributed by atoms with van der Waals surface area (Å²) in [6.45, 7) is 2.30. The average molecular weight is 453 g/mol. The molecule has 1 saturated heterocycles. The summed E-state index contributed by atoms with van der Waals surface area (Å²) in [5.74, 6) is 1.21. The van der Waals surface area contributed by atoms with E-state index in [9.17, 15) is 4.39 Å². The molecule has 1 N–H and O–H groups in total. The predicted molar refractivity (Wildman–Crippen MR) is 122 cm³/mol. The van der Waals surface area contributed by atoms with Crippen LogP contribution in [-0.4, -0.2) is 27.7 Å². The average Bonchev–Trinajstić information content (AvgIpc) is 3.07. The molecule has 4 aromatic rings. The zero-order valence-corrected chi connectivity index (χ0v) is 18.3. The van der Waals surface area contributed by atoms with Gasteiger partial charge in [-0.1, -0.05) is 29.8 Å². The summed E-state index contributed by atoms with van der Waals surface area (Å²) >= 11 is 5.72. The normalized spacial score (nSPS) is 13.8. The van der Waals surface area contributed by atoms with E-state index in [4.69, 9.17) is 26.1 Å². The van der Waals surface area contributed by atoms with Gasteiger partial charge in [0.1, 0.15) is 5.75 Å². The van der Waals surface area contributed by atoms with Crippen LogP contribution >= 0.6 is 11.6 Å². The van der Waals surface area contributed by atoms with Crippen LogP contribution in [0.3, 0.4) is 0 Å². The molecule has 1 fully saturated rings. The number of pyridine rings is 1. The van der Waals surface area contributed by atoms with E-state index in [0.717, 1.165) is 42.2 Å². The van der Waals surface area contributed by atoms with Gasteiger partial charge in [-0.15, -0.1) is 0 Å². The van der Waals surface area contributed by atoms with Gasteiger partial charge in [-0.2, -0.15) is 0 Å². The molecule has 5 rings (SSSR count). The number of aryl methyl sites for hydroxylation is 1. The molecule has 0 radical (unpaired) electrons. The fourth-order valence-corrected chi connectivity index (χ4v) is 3.85. The second-order valence-electron chi connectivity index (χ2n) is 7.97. The van der Waals surface area contributed by atoms with E-state index in [1.165, 1.54) is 17.8 Å². The maximum Gasteiger partial charge on any atom is 0.255 e. The van der Waals surface area contributed by atoms with Crippen LogP contribution in [0.1, 0.15) is 11.1 Å². The van der Waals surface area contributed by atoms with Gasteiger partial charge >= 0.3 is 0 Å². The number of benzene rings is 2. The maximum absolute atomic E-state index is 13.9. The Morgan fingerprint density at radius 1 is 1.16 bits per heavy atom. The Morgan fingerprint density at radius 2 is 1.94 bits per heavy atom. The number of hydrogen-bond donors (Lipinski definition) is 1. The number of nitrogens with zero attached hydrogens (tertiary/aromatic N) is 3. The Bertz CT molecular complexity index is 1260. The second kappa shape index (κ2) is 8.76. The number of rotatable bonds is 7. The number of ether oxygens (including phenoxy) is 2. The van der Waals surface area contributed by atoms with Crippen LogP contribution in [0.25, 0.3) is 11.0 Å². The minimum atomic E-state index is -0.603. The van der Waals surface area contributed by atoms with Crippen LogP contribution in [0.5, 0.6) is 11.6 Å². The van der Waals surface area contributed by atoms with Crippen LogP contribution in [0.4, 0.5) is 10.3 Å². The first-order valence-electron chi connectivity index (χ1n) is 10.4. The van der Waals surface area contributed by atoms with Crippen molar-refractivity contribution in [2.45, 2.75) is 13.0 Å². The van der Waals surface area contributed by atoms with E-state index in [1.54, 1.807) is 12.1 Å². The van der Waals surface area contributed by atoms with Crippen LogP contribution in [-0.2, 0) is 24.8 Å². The smallest absolute Gasteiger partial charge is 0.255 e. The third kappa shape index (κ3) is 4.40. The predicted octanol–water partition coefficient (Wildman–Crippen LogP) is 5.35. The van der Waals surface area contributed by atoms with Gasteiger partial charge in [0.25, 0.3) is 5.88 Å². The number of aromatic nitrogens is 3. The highest BCUT2D eigenvalue weighted by molar-refractivity contribution is 6.30. The number of nitrogens with one attached hydrogen (secondary N) is 1. The molecular formula is C24H22ClFN4O2. The van der Waals surface area contributed by atoms with Crippen molar-refractivity contribution < 1.29 is 13.9 Å². The summed E-state index contributed by atoms with van der Waals surface area (Å²) in [5, 5.41) is 3.61. The first-order chi connectivity index (χ1) is 15.5. The van der Waals surface area contributed by atoms with Gasteiger partial charge in [-0.25, -0.2) is 14.4 Å². The largest absolute Gasteiger partial charge is 0.436 e. The fraction of sp³-hybridized carbons (Fsp3) is 0.250. The number of fused-ring (bicyclic) bond motifs is 1. The van der Waals surface area contributed by atoms with Crippen LogP contribution < -0.4 is 10.1 Å². The number of imidazole rings is 1. The summed E-state index contributed by atoms with van der Waals surface area (Å²) in [5.41, 5.74) is 4.42. The van der Waals surface area contributed by atoms with Crippen molar-refractivity contribution in [3.05, 3.63) is 76.7 Å². The summed E-state index contributed by atoms with van der Waals surface area (Å²) in [6, 6.07) is 15.0. The number of anilines is 1. The highest BCUT2D eigenvalue weighted by Gasteiger charge is 2.19. The van der Waals surface area contributed by atoms with Crippen molar-refractivity contribution in [1.29, 1.82) is 0 Å². The van der Waals surface area contributed by atoms with Gasteiger partial charge in [0.2, 0.25) is 5.95 Å².